The maximum absolute atomic E-state index is 12.7. The number of rotatable bonds is 6. The van der Waals surface area contributed by atoms with Gasteiger partial charge in [0.15, 0.2) is 6.61 Å². The minimum absolute atomic E-state index is 0.0123. The second kappa shape index (κ2) is 9.04. The summed E-state index contributed by atoms with van der Waals surface area (Å²) in [5.41, 5.74) is 0.619. The highest BCUT2D eigenvalue weighted by molar-refractivity contribution is 7.89. The largest absolute Gasteiger partial charge is 0.452 e. The average Bonchev–Trinajstić information content (AvgIpc) is 3.12. The smallest absolute Gasteiger partial charge is 0.338 e. The maximum atomic E-state index is 12.7. The zero-order valence-electron chi connectivity index (χ0n) is 16.5. The summed E-state index contributed by atoms with van der Waals surface area (Å²) < 4.78 is 33.2. The van der Waals surface area contributed by atoms with Crippen molar-refractivity contribution in [3.63, 3.8) is 0 Å². The Balaban J connectivity index is 1.68. The van der Waals surface area contributed by atoms with Crippen LogP contribution in [-0.2, 0) is 24.3 Å². The first-order valence-electron chi connectivity index (χ1n) is 9.91. The zero-order chi connectivity index (χ0) is 21.0. The minimum atomic E-state index is -3.76. The van der Waals surface area contributed by atoms with E-state index >= 15 is 0 Å². The van der Waals surface area contributed by atoms with Gasteiger partial charge in [0.25, 0.3) is 5.91 Å². The summed E-state index contributed by atoms with van der Waals surface area (Å²) in [7, 11) is -3.76. The number of benzene rings is 1. The van der Waals surface area contributed by atoms with Gasteiger partial charge in [-0.1, -0.05) is 25.3 Å². The summed E-state index contributed by atoms with van der Waals surface area (Å²) in [4.78, 5) is 37.1. The number of esters is 1. The molecule has 0 radical (unpaired) electrons. The lowest BCUT2D eigenvalue weighted by Gasteiger charge is -2.22. The molecular formula is C20H26N2O6S. The molecule has 0 atom stereocenters. The quantitative estimate of drug-likeness (QED) is 0.702. The Bertz CT molecular complexity index is 906. The molecule has 1 saturated carbocycles. The molecule has 1 heterocycles. The standard InChI is InChI=1S/C20H26N2O6S/c1-14-9-10-16(29(26,27)21-15-6-3-2-4-7-15)12-17(14)20(25)28-13-19(24)22-11-5-8-18(22)23/h9-10,12,15,21H,2-8,11,13H2,1H3. The molecule has 1 aliphatic carbocycles. The highest BCUT2D eigenvalue weighted by Crippen LogP contribution is 2.22. The van der Waals surface area contributed by atoms with E-state index < -0.39 is 28.5 Å². The van der Waals surface area contributed by atoms with Crippen LogP contribution in [0.1, 0.15) is 60.9 Å². The van der Waals surface area contributed by atoms with E-state index in [0.29, 0.717) is 24.9 Å². The van der Waals surface area contributed by atoms with E-state index in [1.807, 2.05) is 0 Å². The first-order valence-corrected chi connectivity index (χ1v) is 11.4. The molecule has 2 aliphatic rings. The average molecular weight is 423 g/mol. The van der Waals surface area contributed by atoms with Crippen LogP contribution in [0.25, 0.3) is 0 Å². The molecule has 1 saturated heterocycles. The lowest BCUT2D eigenvalue weighted by molar-refractivity contribution is -0.143. The molecule has 0 unspecified atom stereocenters. The molecule has 0 bridgehead atoms. The van der Waals surface area contributed by atoms with E-state index in [-0.39, 0.29) is 22.4 Å². The van der Waals surface area contributed by atoms with Crippen LogP contribution < -0.4 is 4.72 Å². The lowest BCUT2D eigenvalue weighted by Crippen LogP contribution is -2.36. The molecule has 3 rings (SSSR count). The van der Waals surface area contributed by atoms with Crippen LogP contribution >= 0.6 is 0 Å². The summed E-state index contributed by atoms with van der Waals surface area (Å²) in [6, 6.07) is 4.17. The van der Waals surface area contributed by atoms with Crippen molar-refractivity contribution in [3.05, 3.63) is 29.3 Å². The fourth-order valence-electron chi connectivity index (χ4n) is 3.69. The number of nitrogens with zero attached hydrogens (tertiary/aromatic N) is 1. The van der Waals surface area contributed by atoms with Gasteiger partial charge in [-0.3, -0.25) is 14.5 Å². The molecule has 1 N–H and O–H groups in total. The molecule has 9 heteroatoms. The molecular weight excluding hydrogens is 396 g/mol. The Morgan fingerprint density at radius 3 is 2.55 bits per heavy atom. The molecule has 1 aromatic carbocycles. The maximum Gasteiger partial charge on any atom is 0.338 e. The van der Waals surface area contributed by atoms with Crippen LogP contribution in [0.4, 0.5) is 0 Å². The molecule has 0 aromatic heterocycles. The van der Waals surface area contributed by atoms with Crippen molar-refractivity contribution in [3.8, 4) is 0 Å². The van der Waals surface area contributed by atoms with Crippen molar-refractivity contribution >= 4 is 27.8 Å². The number of amides is 2. The Hall–Kier alpha value is -2.26. The third kappa shape index (κ3) is 5.22. The number of sulfonamides is 1. The van der Waals surface area contributed by atoms with Gasteiger partial charge in [-0.15, -0.1) is 0 Å². The van der Waals surface area contributed by atoms with Crippen molar-refractivity contribution in [2.24, 2.45) is 0 Å². The van der Waals surface area contributed by atoms with Gasteiger partial charge in [0, 0.05) is 19.0 Å². The molecule has 1 aliphatic heterocycles. The number of aryl methyl sites for hydroxylation is 1. The SMILES string of the molecule is Cc1ccc(S(=O)(=O)NC2CCCCC2)cc1C(=O)OCC(=O)N1CCCC1=O. The minimum Gasteiger partial charge on any atom is -0.452 e. The van der Waals surface area contributed by atoms with Crippen molar-refractivity contribution in [1.29, 1.82) is 0 Å². The van der Waals surface area contributed by atoms with E-state index in [0.717, 1.165) is 37.0 Å². The predicted molar refractivity (Wildman–Crippen MR) is 105 cm³/mol. The summed E-state index contributed by atoms with van der Waals surface area (Å²) in [5, 5.41) is 0. The van der Waals surface area contributed by atoms with E-state index in [4.69, 9.17) is 4.74 Å². The third-order valence-corrected chi connectivity index (χ3v) is 6.89. The van der Waals surface area contributed by atoms with Gasteiger partial charge >= 0.3 is 5.97 Å². The molecule has 8 nitrogen and oxygen atoms in total. The topological polar surface area (TPSA) is 110 Å². The molecule has 1 aromatic rings. The van der Waals surface area contributed by atoms with Gasteiger partial charge in [-0.05, 0) is 43.9 Å². The van der Waals surface area contributed by atoms with Gasteiger partial charge in [0.2, 0.25) is 15.9 Å². The van der Waals surface area contributed by atoms with E-state index in [1.165, 1.54) is 18.2 Å². The number of carbonyl (C=O) groups is 3. The van der Waals surface area contributed by atoms with Crippen LogP contribution in [-0.4, -0.2) is 50.3 Å². The third-order valence-electron chi connectivity index (χ3n) is 5.37. The van der Waals surface area contributed by atoms with E-state index in [1.54, 1.807) is 6.92 Å². The second-order valence-electron chi connectivity index (χ2n) is 7.55. The predicted octanol–water partition coefficient (Wildman–Crippen LogP) is 1.91. The number of carbonyl (C=O) groups excluding carboxylic acids is 3. The van der Waals surface area contributed by atoms with Gasteiger partial charge in [0.1, 0.15) is 0 Å². The Morgan fingerprint density at radius 1 is 1.17 bits per heavy atom. The highest BCUT2D eigenvalue weighted by Gasteiger charge is 2.28. The van der Waals surface area contributed by atoms with Crippen LogP contribution in [0.15, 0.2) is 23.1 Å². The first-order chi connectivity index (χ1) is 13.8. The fourth-order valence-corrected chi connectivity index (χ4v) is 5.02. The van der Waals surface area contributed by atoms with Crippen molar-refractivity contribution < 1.29 is 27.5 Å². The van der Waals surface area contributed by atoms with E-state index in [2.05, 4.69) is 4.72 Å². The molecule has 2 amide bonds. The number of hydrogen-bond acceptors (Lipinski definition) is 6. The Morgan fingerprint density at radius 2 is 1.90 bits per heavy atom. The molecule has 29 heavy (non-hydrogen) atoms. The Kier molecular flexibility index (Phi) is 6.69. The van der Waals surface area contributed by atoms with Crippen LogP contribution in [0.3, 0.4) is 0 Å². The summed E-state index contributed by atoms with van der Waals surface area (Å²) >= 11 is 0. The number of hydrogen-bond donors (Lipinski definition) is 1. The van der Waals surface area contributed by atoms with Crippen molar-refractivity contribution in [2.45, 2.75) is 62.8 Å². The first kappa shape index (κ1) is 21.4. The highest BCUT2D eigenvalue weighted by atomic mass is 32.2. The zero-order valence-corrected chi connectivity index (χ0v) is 17.3. The van der Waals surface area contributed by atoms with E-state index in [9.17, 15) is 22.8 Å². The summed E-state index contributed by atoms with van der Waals surface area (Å²) in [6.45, 7) is 1.43. The molecule has 2 fully saturated rings. The summed E-state index contributed by atoms with van der Waals surface area (Å²) in [6.07, 6.45) is 5.62. The summed E-state index contributed by atoms with van der Waals surface area (Å²) in [5.74, 6) is -1.64. The number of imide groups is 1. The molecule has 0 spiro atoms. The van der Waals surface area contributed by atoms with Crippen molar-refractivity contribution in [1.82, 2.24) is 9.62 Å². The normalized spacial score (nSPS) is 18.1. The van der Waals surface area contributed by atoms with Crippen LogP contribution in [0, 0.1) is 6.92 Å². The van der Waals surface area contributed by atoms with Crippen LogP contribution in [0.2, 0.25) is 0 Å². The van der Waals surface area contributed by atoms with Crippen LogP contribution in [0.5, 0.6) is 0 Å². The molecule has 158 valence electrons. The van der Waals surface area contributed by atoms with Gasteiger partial charge in [0.05, 0.1) is 10.5 Å². The number of likely N-dealkylation sites (tertiary alicyclic amines) is 1. The van der Waals surface area contributed by atoms with Gasteiger partial charge in [-0.25, -0.2) is 17.9 Å². The Labute approximate surface area is 170 Å². The fraction of sp³-hybridized carbons (Fsp3) is 0.550. The van der Waals surface area contributed by atoms with Crippen molar-refractivity contribution in [2.75, 3.05) is 13.2 Å². The second-order valence-corrected chi connectivity index (χ2v) is 9.27. The monoisotopic (exact) mass is 422 g/mol. The van der Waals surface area contributed by atoms with Gasteiger partial charge in [-0.2, -0.15) is 0 Å². The number of ether oxygens (including phenoxy) is 1. The number of nitrogens with one attached hydrogen (secondary N) is 1. The van der Waals surface area contributed by atoms with Gasteiger partial charge < -0.3 is 4.74 Å². The lowest BCUT2D eigenvalue weighted by atomic mass is 9.96.